The molecular formula is C17H30N2O4. The van der Waals surface area contributed by atoms with E-state index < -0.39 is 0 Å². The number of nitrogens with zero attached hydrogens (tertiary/aromatic N) is 2. The molecule has 1 atom stereocenters. The smallest absolute Gasteiger partial charge is 0.248 e. The number of carbonyl (C=O) groups is 2. The first-order valence-electron chi connectivity index (χ1n) is 8.55. The van der Waals surface area contributed by atoms with Crippen LogP contribution in [0.3, 0.4) is 0 Å². The van der Waals surface area contributed by atoms with Crippen LogP contribution < -0.4 is 0 Å². The molecule has 6 nitrogen and oxygen atoms in total. The molecule has 0 aliphatic carbocycles. The molecule has 23 heavy (non-hydrogen) atoms. The first-order valence-corrected chi connectivity index (χ1v) is 8.55. The average Bonchev–Trinajstić information content (AvgIpc) is 2.47. The summed E-state index contributed by atoms with van der Waals surface area (Å²) >= 11 is 0. The molecule has 2 aliphatic heterocycles. The van der Waals surface area contributed by atoms with E-state index in [9.17, 15) is 9.59 Å². The molecule has 2 aliphatic rings. The van der Waals surface area contributed by atoms with Gasteiger partial charge in [0, 0.05) is 33.5 Å². The highest BCUT2D eigenvalue weighted by Gasteiger charge is 2.49. The van der Waals surface area contributed by atoms with Gasteiger partial charge in [-0.3, -0.25) is 9.59 Å². The Balaban J connectivity index is 1.74. The van der Waals surface area contributed by atoms with Gasteiger partial charge < -0.3 is 19.3 Å². The zero-order valence-corrected chi connectivity index (χ0v) is 14.8. The summed E-state index contributed by atoms with van der Waals surface area (Å²) in [4.78, 5) is 27.2. The van der Waals surface area contributed by atoms with Crippen molar-refractivity contribution in [1.82, 2.24) is 9.80 Å². The van der Waals surface area contributed by atoms with Crippen LogP contribution in [0, 0.1) is 5.92 Å². The average molecular weight is 326 g/mol. The summed E-state index contributed by atoms with van der Waals surface area (Å²) in [6.07, 6.45) is 3.17. The van der Waals surface area contributed by atoms with Crippen LogP contribution in [0.4, 0.5) is 0 Å². The third-order valence-corrected chi connectivity index (χ3v) is 4.64. The molecule has 2 fully saturated rings. The van der Waals surface area contributed by atoms with Crippen molar-refractivity contribution >= 4 is 11.8 Å². The van der Waals surface area contributed by atoms with E-state index in [-0.39, 0.29) is 30.1 Å². The lowest BCUT2D eigenvalue weighted by atomic mass is 9.84. The van der Waals surface area contributed by atoms with Gasteiger partial charge in [-0.15, -0.1) is 0 Å². The monoisotopic (exact) mass is 326 g/mol. The summed E-state index contributed by atoms with van der Waals surface area (Å²) in [6, 6.07) is 0. The van der Waals surface area contributed by atoms with Gasteiger partial charge in [0.15, 0.2) is 0 Å². The largest absolute Gasteiger partial charge is 0.371 e. The summed E-state index contributed by atoms with van der Waals surface area (Å²) in [5, 5.41) is 0. The van der Waals surface area contributed by atoms with Gasteiger partial charge in [0.05, 0.1) is 19.2 Å². The van der Waals surface area contributed by atoms with Crippen molar-refractivity contribution in [2.75, 3.05) is 40.4 Å². The van der Waals surface area contributed by atoms with Crippen molar-refractivity contribution in [3.05, 3.63) is 0 Å². The van der Waals surface area contributed by atoms with E-state index in [2.05, 4.69) is 13.8 Å². The van der Waals surface area contributed by atoms with Crippen LogP contribution in [0.5, 0.6) is 0 Å². The molecule has 0 aromatic carbocycles. The first kappa shape index (κ1) is 18.2. The second-order valence-corrected chi connectivity index (χ2v) is 7.43. The molecule has 0 unspecified atom stereocenters. The van der Waals surface area contributed by atoms with Crippen molar-refractivity contribution in [2.24, 2.45) is 5.92 Å². The highest BCUT2D eigenvalue weighted by Crippen LogP contribution is 2.35. The van der Waals surface area contributed by atoms with E-state index in [0.29, 0.717) is 32.0 Å². The summed E-state index contributed by atoms with van der Waals surface area (Å²) in [5.74, 6) is 0.746. The molecule has 132 valence electrons. The minimum Gasteiger partial charge on any atom is -0.371 e. The van der Waals surface area contributed by atoms with Crippen LogP contribution in [-0.2, 0) is 19.1 Å². The molecule has 0 aromatic rings. The fourth-order valence-electron chi connectivity index (χ4n) is 3.06. The Morgan fingerprint density at radius 2 is 2.04 bits per heavy atom. The molecule has 0 radical (unpaired) electrons. The Hall–Kier alpha value is -1.14. The molecule has 2 heterocycles. The van der Waals surface area contributed by atoms with E-state index >= 15 is 0 Å². The maximum atomic E-state index is 12.1. The highest BCUT2D eigenvalue weighted by molar-refractivity contribution is 5.77. The van der Waals surface area contributed by atoms with Gasteiger partial charge >= 0.3 is 0 Å². The number of ether oxygens (including phenoxy) is 2. The molecule has 2 rings (SSSR count). The summed E-state index contributed by atoms with van der Waals surface area (Å²) in [6.45, 7) is 6.33. The molecule has 0 saturated carbocycles. The van der Waals surface area contributed by atoms with Gasteiger partial charge in [0.1, 0.15) is 12.2 Å². The van der Waals surface area contributed by atoms with Crippen LogP contribution in [0.25, 0.3) is 0 Å². The van der Waals surface area contributed by atoms with Crippen molar-refractivity contribution in [2.45, 2.75) is 51.2 Å². The number of amides is 2. The molecule has 2 amide bonds. The third kappa shape index (κ3) is 4.91. The predicted molar refractivity (Wildman–Crippen MR) is 87.0 cm³/mol. The molecular weight excluding hydrogens is 296 g/mol. The maximum Gasteiger partial charge on any atom is 0.248 e. The molecule has 0 N–H and O–H groups in total. The molecule has 1 spiro atoms. The lowest BCUT2D eigenvalue weighted by Crippen LogP contribution is -2.67. The number of rotatable bonds is 6. The van der Waals surface area contributed by atoms with Gasteiger partial charge in [0.2, 0.25) is 11.8 Å². The SMILES string of the molecule is CC(C)CCC(=O)N1CC2(C[C@@H](OCC(=O)N(C)C)CCO2)C1. The Morgan fingerprint density at radius 1 is 1.35 bits per heavy atom. The number of likely N-dealkylation sites (N-methyl/N-ethyl adjacent to an activating group) is 1. The van der Waals surface area contributed by atoms with E-state index in [1.54, 1.807) is 14.1 Å². The van der Waals surface area contributed by atoms with Crippen LogP contribution in [0.1, 0.15) is 39.5 Å². The van der Waals surface area contributed by atoms with Crippen LogP contribution in [0.15, 0.2) is 0 Å². The summed E-state index contributed by atoms with van der Waals surface area (Å²) in [5.41, 5.74) is -0.252. The quantitative estimate of drug-likeness (QED) is 0.738. The van der Waals surface area contributed by atoms with Crippen molar-refractivity contribution < 1.29 is 19.1 Å². The van der Waals surface area contributed by atoms with Crippen molar-refractivity contribution in [3.63, 3.8) is 0 Å². The summed E-state index contributed by atoms with van der Waals surface area (Å²) in [7, 11) is 3.45. The first-order chi connectivity index (χ1) is 10.8. The molecule has 2 saturated heterocycles. The molecule has 0 aromatic heterocycles. The minimum atomic E-state index is -0.252. The normalized spacial score (nSPS) is 23.0. The fraction of sp³-hybridized carbons (Fsp3) is 0.882. The standard InChI is InChI=1S/C17H30N2O4/c1-13(2)5-6-15(20)19-11-17(12-19)9-14(7-8-23-17)22-10-16(21)18(3)4/h13-14H,5-12H2,1-4H3/t14-/m0/s1. The third-order valence-electron chi connectivity index (χ3n) is 4.64. The van der Waals surface area contributed by atoms with E-state index in [1.165, 1.54) is 4.90 Å². The van der Waals surface area contributed by atoms with E-state index in [4.69, 9.17) is 9.47 Å². The zero-order valence-electron chi connectivity index (χ0n) is 14.8. The van der Waals surface area contributed by atoms with Gasteiger partial charge in [-0.2, -0.15) is 0 Å². The van der Waals surface area contributed by atoms with Crippen LogP contribution >= 0.6 is 0 Å². The van der Waals surface area contributed by atoms with Gasteiger partial charge in [-0.05, 0) is 18.8 Å². The lowest BCUT2D eigenvalue weighted by Gasteiger charge is -2.53. The minimum absolute atomic E-state index is 0.0235. The van der Waals surface area contributed by atoms with Crippen LogP contribution in [0.2, 0.25) is 0 Å². The maximum absolute atomic E-state index is 12.1. The number of carbonyl (C=O) groups excluding carboxylic acids is 2. The number of hydrogen-bond donors (Lipinski definition) is 0. The van der Waals surface area contributed by atoms with Gasteiger partial charge in [-0.1, -0.05) is 13.8 Å². The Morgan fingerprint density at radius 3 is 2.65 bits per heavy atom. The van der Waals surface area contributed by atoms with Gasteiger partial charge in [-0.25, -0.2) is 0 Å². The number of likely N-dealkylation sites (tertiary alicyclic amines) is 1. The Bertz CT molecular complexity index is 430. The number of hydrogen-bond acceptors (Lipinski definition) is 4. The molecule has 0 bridgehead atoms. The second-order valence-electron chi connectivity index (χ2n) is 7.43. The van der Waals surface area contributed by atoms with E-state index in [1.807, 2.05) is 4.90 Å². The van der Waals surface area contributed by atoms with Crippen LogP contribution in [-0.4, -0.2) is 73.7 Å². The Kier molecular flexibility index (Phi) is 6.03. The van der Waals surface area contributed by atoms with Gasteiger partial charge in [0.25, 0.3) is 0 Å². The fourth-order valence-corrected chi connectivity index (χ4v) is 3.06. The zero-order chi connectivity index (χ0) is 17.0. The predicted octanol–water partition coefficient (Wildman–Crippen LogP) is 1.29. The highest BCUT2D eigenvalue weighted by atomic mass is 16.5. The lowest BCUT2D eigenvalue weighted by molar-refractivity contribution is -0.202. The Labute approximate surface area is 139 Å². The van der Waals surface area contributed by atoms with E-state index in [0.717, 1.165) is 19.3 Å². The van der Waals surface area contributed by atoms with Crippen molar-refractivity contribution in [3.8, 4) is 0 Å². The van der Waals surface area contributed by atoms with Crippen molar-refractivity contribution in [1.29, 1.82) is 0 Å². The second kappa shape index (κ2) is 7.62. The summed E-state index contributed by atoms with van der Waals surface area (Å²) < 4.78 is 11.7. The topological polar surface area (TPSA) is 59.1 Å². The molecule has 6 heteroatoms.